The number of hydrogen-bond acceptors (Lipinski definition) is 0. The monoisotopic (exact) mass is 248 g/mol. The summed E-state index contributed by atoms with van der Waals surface area (Å²) in [5, 5.41) is 1.48. The molecule has 0 saturated carbocycles. The Bertz CT molecular complexity index is 449. The maximum absolute atomic E-state index is 6.53. The molecule has 0 aromatic heterocycles. The van der Waals surface area contributed by atoms with Crippen LogP contribution in [0.3, 0.4) is 0 Å². The standard InChI is InChI=1S/C14H17ClSi/c1-11-9-13(10-14(11)16(2,3)15)12-7-5-4-6-8-12/h4-9H,10H2,1-3H3. The van der Waals surface area contributed by atoms with Crippen LogP contribution in [0.2, 0.25) is 13.1 Å². The molecule has 1 aromatic rings. The van der Waals surface area contributed by atoms with E-state index in [0.29, 0.717) is 0 Å². The van der Waals surface area contributed by atoms with Crippen LogP contribution in [0.1, 0.15) is 18.9 Å². The highest BCUT2D eigenvalue weighted by atomic mass is 35.6. The zero-order valence-corrected chi connectivity index (χ0v) is 11.8. The Morgan fingerprint density at radius 2 is 1.75 bits per heavy atom. The highest BCUT2D eigenvalue weighted by Crippen LogP contribution is 2.38. The largest absolute Gasteiger partial charge is 0.177 e. The van der Waals surface area contributed by atoms with Gasteiger partial charge in [0.1, 0.15) is 0 Å². The predicted octanol–water partition coefficient (Wildman–Crippen LogP) is 4.77. The van der Waals surface area contributed by atoms with Crippen molar-refractivity contribution in [3.63, 3.8) is 0 Å². The zero-order chi connectivity index (χ0) is 11.8. The van der Waals surface area contributed by atoms with Crippen LogP contribution in [0.4, 0.5) is 0 Å². The minimum atomic E-state index is -1.66. The summed E-state index contributed by atoms with van der Waals surface area (Å²) in [6.45, 7) is 6.59. The van der Waals surface area contributed by atoms with Crippen molar-refractivity contribution in [3.8, 4) is 0 Å². The first-order valence-electron chi connectivity index (χ1n) is 5.63. The van der Waals surface area contributed by atoms with Gasteiger partial charge in [0.25, 0.3) is 0 Å². The summed E-state index contributed by atoms with van der Waals surface area (Å²) >= 11 is 6.53. The van der Waals surface area contributed by atoms with Crippen molar-refractivity contribution < 1.29 is 0 Å². The Kier molecular flexibility index (Phi) is 3.09. The lowest BCUT2D eigenvalue weighted by Crippen LogP contribution is -2.20. The van der Waals surface area contributed by atoms with E-state index in [0.717, 1.165) is 6.42 Å². The molecule has 0 spiro atoms. The predicted molar refractivity (Wildman–Crippen MR) is 75.1 cm³/mol. The molecular weight excluding hydrogens is 232 g/mol. The lowest BCUT2D eigenvalue weighted by molar-refractivity contribution is 1.34. The molecule has 0 amide bonds. The molecule has 2 rings (SSSR count). The van der Waals surface area contributed by atoms with Crippen LogP contribution in [0.5, 0.6) is 0 Å². The summed E-state index contributed by atoms with van der Waals surface area (Å²) in [5.74, 6) is 0. The molecule has 1 aromatic carbocycles. The summed E-state index contributed by atoms with van der Waals surface area (Å²) in [4.78, 5) is 0. The third-order valence-electron chi connectivity index (χ3n) is 3.10. The summed E-state index contributed by atoms with van der Waals surface area (Å²) in [6, 6.07) is 10.6. The van der Waals surface area contributed by atoms with Gasteiger partial charge in [-0.05, 0) is 24.5 Å². The van der Waals surface area contributed by atoms with Gasteiger partial charge in [0.15, 0.2) is 7.38 Å². The maximum atomic E-state index is 6.53. The summed E-state index contributed by atoms with van der Waals surface area (Å²) < 4.78 is 0. The van der Waals surface area contributed by atoms with Crippen molar-refractivity contribution in [2.45, 2.75) is 26.4 Å². The van der Waals surface area contributed by atoms with E-state index in [1.165, 1.54) is 21.9 Å². The Labute approximate surface area is 103 Å². The molecule has 2 heteroatoms. The zero-order valence-electron chi connectivity index (χ0n) is 10.0. The van der Waals surface area contributed by atoms with Crippen LogP contribution in [0.15, 0.2) is 47.2 Å². The lowest BCUT2D eigenvalue weighted by Gasteiger charge is -2.17. The average Bonchev–Trinajstić information content (AvgIpc) is 2.61. The van der Waals surface area contributed by atoms with Crippen molar-refractivity contribution >= 4 is 24.0 Å². The van der Waals surface area contributed by atoms with E-state index in [9.17, 15) is 0 Å². The number of hydrogen-bond donors (Lipinski definition) is 0. The minimum absolute atomic E-state index is 1.04. The molecule has 0 aliphatic heterocycles. The molecule has 84 valence electrons. The van der Waals surface area contributed by atoms with E-state index in [1.54, 1.807) is 0 Å². The lowest BCUT2D eigenvalue weighted by atomic mass is 10.1. The fourth-order valence-corrected chi connectivity index (χ4v) is 4.51. The van der Waals surface area contributed by atoms with Crippen molar-refractivity contribution in [2.75, 3.05) is 0 Å². The average molecular weight is 249 g/mol. The van der Waals surface area contributed by atoms with Gasteiger partial charge in [0.2, 0.25) is 0 Å². The SMILES string of the molecule is CC1=C([Si](C)(C)Cl)CC(c2ccccc2)=C1. The van der Waals surface area contributed by atoms with Gasteiger partial charge in [-0.2, -0.15) is 11.1 Å². The van der Waals surface area contributed by atoms with Crippen LogP contribution in [0.25, 0.3) is 5.57 Å². The van der Waals surface area contributed by atoms with E-state index in [2.05, 4.69) is 56.4 Å². The Morgan fingerprint density at radius 1 is 1.12 bits per heavy atom. The first-order chi connectivity index (χ1) is 7.48. The molecule has 0 atom stereocenters. The van der Waals surface area contributed by atoms with Crippen molar-refractivity contribution in [2.24, 2.45) is 0 Å². The van der Waals surface area contributed by atoms with Gasteiger partial charge in [-0.25, -0.2) is 0 Å². The third-order valence-corrected chi connectivity index (χ3v) is 5.79. The molecule has 0 bridgehead atoms. The molecule has 0 radical (unpaired) electrons. The van der Waals surface area contributed by atoms with Gasteiger partial charge < -0.3 is 0 Å². The summed E-state index contributed by atoms with van der Waals surface area (Å²) in [7, 11) is -1.66. The van der Waals surface area contributed by atoms with Gasteiger partial charge in [-0.3, -0.25) is 0 Å². The molecule has 0 unspecified atom stereocenters. The van der Waals surface area contributed by atoms with E-state index < -0.39 is 7.38 Å². The minimum Gasteiger partial charge on any atom is -0.162 e. The summed E-state index contributed by atoms with van der Waals surface area (Å²) in [5.41, 5.74) is 4.12. The first-order valence-corrected chi connectivity index (χ1v) is 9.65. The van der Waals surface area contributed by atoms with Gasteiger partial charge in [-0.15, -0.1) is 0 Å². The fourth-order valence-electron chi connectivity index (χ4n) is 2.25. The van der Waals surface area contributed by atoms with Crippen LogP contribution in [-0.2, 0) is 0 Å². The van der Waals surface area contributed by atoms with Gasteiger partial charge >= 0.3 is 0 Å². The van der Waals surface area contributed by atoms with Gasteiger partial charge in [0.05, 0.1) is 0 Å². The first kappa shape index (κ1) is 11.7. The number of benzene rings is 1. The number of halogens is 1. The quantitative estimate of drug-likeness (QED) is 0.522. The topological polar surface area (TPSA) is 0 Å². The van der Waals surface area contributed by atoms with Gasteiger partial charge in [0, 0.05) is 0 Å². The van der Waals surface area contributed by atoms with Crippen LogP contribution >= 0.6 is 11.1 Å². The molecule has 0 N–H and O–H groups in total. The fraction of sp³-hybridized carbons (Fsp3) is 0.286. The number of rotatable bonds is 2. The molecule has 1 aliphatic rings. The second-order valence-corrected chi connectivity index (χ2v) is 11.2. The highest BCUT2D eigenvalue weighted by Gasteiger charge is 2.28. The normalized spacial score (nSPS) is 16.6. The second kappa shape index (κ2) is 4.23. The highest BCUT2D eigenvalue weighted by molar-refractivity contribution is 7.23. The molecule has 16 heavy (non-hydrogen) atoms. The van der Waals surface area contributed by atoms with Crippen molar-refractivity contribution in [3.05, 3.63) is 52.7 Å². The van der Waals surface area contributed by atoms with E-state index in [1.807, 2.05) is 0 Å². The molecule has 1 aliphatic carbocycles. The van der Waals surface area contributed by atoms with Crippen LogP contribution in [0, 0.1) is 0 Å². The van der Waals surface area contributed by atoms with E-state index in [-0.39, 0.29) is 0 Å². The molecular formula is C14H17ClSi. The number of allylic oxidation sites excluding steroid dienone is 4. The van der Waals surface area contributed by atoms with E-state index >= 15 is 0 Å². The molecule has 0 nitrogen and oxygen atoms in total. The third kappa shape index (κ3) is 2.31. The Morgan fingerprint density at radius 3 is 2.25 bits per heavy atom. The molecule has 0 saturated heterocycles. The second-order valence-electron chi connectivity index (χ2n) is 4.85. The maximum Gasteiger partial charge on any atom is 0.177 e. The van der Waals surface area contributed by atoms with Crippen molar-refractivity contribution in [1.82, 2.24) is 0 Å². The van der Waals surface area contributed by atoms with Crippen LogP contribution in [-0.4, -0.2) is 7.38 Å². The summed E-state index contributed by atoms with van der Waals surface area (Å²) in [6.07, 6.45) is 3.33. The van der Waals surface area contributed by atoms with Gasteiger partial charge in [-0.1, -0.05) is 60.3 Å². The van der Waals surface area contributed by atoms with Crippen molar-refractivity contribution in [1.29, 1.82) is 0 Å². The Balaban J connectivity index is 2.26. The smallest absolute Gasteiger partial charge is 0.162 e. The Hall–Kier alpha value is -0.793. The molecule has 0 fully saturated rings. The van der Waals surface area contributed by atoms with E-state index in [4.69, 9.17) is 11.1 Å². The molecule has 0 heterocycles. The van der Waals surface area contributed by atoms with Crippen LogP contribution < -0.4 is 0 Å².